The first-order valence-electron chi connectivity index (χ1n) is 8.49. The molecule has 4 rings (SSSR count). The number of rotatable bonds is 4. The molecule has 2 aromatic rings. The average molecular weight is 389 g/mol. The molecule has 6 heteroatoms. The number of nitrogens with one attached hydrogen (secondary N) is 3. The predicted molar refractivity (Wildman–Crippen MR) is 96.0 cm³/mol. The molecule has 3 N–H and O–H groups in total. The van der Waals surface area contributed by atoms with Gasteiger partial charge in [-0.2, -0.15) is 5.10 Å². The summed E-state index contributed by atoms with van der Waals surface area (Å²) in [6, 6.07) is 8.44. The van der Waals surface area contributed by atoms with Crippen molar-refractivity contribution in [3.05, 3.63) is 51.3 Å². The fraction of sp³-hybridized carbons (Fsp3) is 0.444. The van der Waals surface area contributed by atoms with Gasteiger partial charge in [0.15, 0.2) is 5.69 Å². The van der Waals surface area contributed by atoms with Crippen LogP contribution in [0.25, 0.3) is 0 Å². The smallest absolute Gasteiger partial charge is 0.272 e. The zero-order valence-corrected chi connectivity index (χ0v) is 15.1. The number of halogens is 1. The lowest BCUT2D eigenvalue weighted by atomic mass is 9.64. The Labute approximate surface area is 149 Å². The molecule has 1 fully saturated rings. The van der Waals surface area contributed by atoms with E-state index in [1.165, 1.54) is 12.0 Å². The Bertz CT molecular complexity index is 766. The Hall–Kier alpha value is -1.66. The normalized spacial score (nSPS) is 18.5. The van der Waals surface area contributed by atoms with Crippen molar-refractivity contribution >= 4 is 21.8 Å². The van der Waals surface area contributed by atoms with Gasteiger partial charge in [-0.3, -0.25) is 9.89 Å². The van der Waals surface area contributed by atoms with Crippen LogP contribution in [-0.4, -0.2) is 29.2 Å². The van der Waals surface area contributed by atoms with Crippen molar-refractivity contribution in [1.82, 2.24) is 20.8 Å². The summed E-state index contributed by atoms with van der Waals surface area (Å²) in [5.74, 6) is -0.0718. The van der Waals surface area contributed by atoms with E-state index in [0.29, 0.717) is 18.8 Å². The molecule has 1 aromatic heterocycles. The maximum atomic E-state index is 12.6. The number of carbonyl (C=O) groups excluding carboxylic acids is 1. The van der Waals surface area contributed by atoms with Crippen LogP contribution >= 0.6 is 15.9 Å². The predicted octanol–water partition coefficient (Wildman–Crippen LogP) is 2.67. The molecule has 0 saturated heterocycles. The minimum atomic E-state index is -0.0718. The fourth-order valence-electron chi connectivity index (χ4n) is 3.74. The fourth-order valence-corrected chi connectivity index (χ4v) is 4.13. The molecule has 0 radical (unpaired) electrons. The maximum absolute atomic E-state index is 12.6. The van der Waals surface area contributed by atoms with Gasteiger partial charge in [-0.15, -0.1) is 0 Å². The number of aromatic nitrogens is 2. The molecule has 2 heterocycles. The number of carbonyl (C=O) groups is 1. The lowest BCUT2D eigenvalue weighted by molar-refractivity contribution is 0.0921. The standard InChI is InChI=1S/C18H21BrN4O/c19-13-4-1-3-12(9-13)18(6-2-7-18)11-21-17(24)16-14-10-20-8-5-15(14)22-23-16/h1,3-4,9,20H,2,5-8,10-11H2,(H,21,24)(H,22,23). The highest BCUT2D eigenvalue weighted by molar-refractivity contribution is 9.10. The summed E-state index contributed by atoms with van der Waals surface area (Å²) in [6.07, 6.45) is 4.34. The SMILES string of the molecule is O=C(NCC1(c2cccc(Br)c2)CCC1)c1n[nH]c2c1CNCC2. The molecule has 1 amide bonds. The molecule has 2 aliphatic rings. The Morgan fingerprint density at radius 2 is 2.25 bits per heavy atom. The monoisotopic (exact) mass is 388 g/mol. The van der Waals surface area contributed by atoms with Crippen molar-refractivity contribution in [2.24, 2.45) is 0 Å². The first kappa shape index (κ1) is 15.8. The van der Waals surface area contributed by atoms with Gasteiger partial charge in [-0.25, -0.2) is 0 Å². The third-order valence-corrected chi connectivity index (χ3v) is 5.85. The van der Waals surface area contributed by atoms with Crippen LogP contribution in [0.2, 0.25) is 0 Å². The third kappa shape index (κ3) is 2.78. The molecule has 1 saturated carbocycles. The zero-order valence-electron chi connectivity index (χ0n) is 13.5. The molecular weight excluding hydrogens is 368 g/mol. The number of benzene rings is 1. The molecule has 126 valence electrons. The van der Waals surface area contributed by atoms with E-state index in [0.717, 1.165) is 41.5 Å². The first-order valence-corrected chi connectivity index (χ1v) is 9.28. The van der Waals surface area contributed by atoms with E-state index in [4.69, 9.17) is 0 Å². The van der Waals surface area contributed by atoms with E-state index in [1.807, 2.05) is 6.07 Å². The van der Waals surface area contributed by atoms with Gasteiger partial charge < -0.3 is 10.6 Å². The van der Waals surface area contributed by atoms with E-state index in [-0.39, 0.29) is 11.3 Å². The van der Waals surface area contributed by atoms with E-state index >= 15 is 0 Å². The quantitative estimate of drug-likeness (QED) is 0.753. The largest absolute Gasteiger partial charge is 0.350 e. The summed E-state index contributed by atoms with van der Waals surface area (Å²) in [5.41, 5.74) is 4.01. The van der Waals surface area contributed by atoms with Gasteiger partial charge in [0.25, 0.3) is 5.91 Å². The van der Waals surface area contributed by atoms with Gasteiger partial charge in [0.1, 0.15) is 0 Å². The minimum Gasteiger partial charge on any atom is -0.350 e. The molecule has 5 nitrogen and oxygen atoms in total. The van der Waals surface area contributed by atoms with Gasteiger partial charge >= 0.3 is 0 Å². The van der Waals surface area contributed by atoms with Crippen molar-refractivity contribution in [2.75, 3.05) is 13.1 Å². The summed E-state index contributed by atoms with van der Waals surface area (Å²) in [4.78, 5) is 12.6. The van der Waals surface area contributed by atoms with Crippen LogP contribution in [-0.2, 0) is 18.4 Å². The molecule has 1 aromatic carbocycles. The van der Waals surface area contributed by atoms with Crippen LogP contribution in [0, 0.1) is 0 Å². The van der Waals surface area contributed by atoms with Crippen LogP contribution in [0.3, 0.4) is 0 Å². The van der Waals surface area contributed by atoms with Crippen molar-refractivity contribution in [2.45, 2.75) is 37.6 Å². The number of fused-ring (bicyclic) bond motifs is 1. The van der Waals surface area contributed by atoms with E-state index in [9.17, 15) is 4.79 Å². The first-order chi connectivity index (χ1) is 11.7. The lowest BCUT2D eigenvalue weighted by Crippen LogP contribution is -2.45. The van der Waals surface area contributed by atoms with Crippen LogP contribution in [0.5, 0.6) is 0 Å². The molecule has 0 spiro atoms. The molecule has 0 unspecified atom stereocenters. The second-order valence-electron chi connectivity index (χ2n) is 6.78. The lowest BCUT2D eigenvalue weighted by Gasteiger charge is -2.42. The molecule has 1 aliphatic carbocycles. The number of H-pyrrole nitrogens is 1. The van der Waals surface area contributed by atoms with Gasteiger partial charge in [0.05, 0.1) is 0 Å². The summed E-state index contributed by atoms with van der Waals surface area (Å²) in [7, 11) is 0. The average Bonchev–Trinajstić information content (AvgIpc) is 2.98. The van der Waals surface area contributed by atoms with E-state index in [1.54, 1.807) is 0 Å². The van der Waals surface area contributed by atoms with Gasteiger partial charge in [-0.05, 0) is 30.5 Å². The minimum absolute atomic E-state index is 0.0636. The number of hydrogen-bond acceptors (Lipinski definition) is 3. The number of amides is 1. The second-order valence-corrected chi connectivity index (χ2v) is 7.70. The highest BCUT2D eigenvalue weighted by atomic mass is 79.9. The van der Waals surface area contributed by atoms with Crippen LogP contribution in [0.15, 0.2) is 28.7 Å². The van der Waals surface area contributed by atoms with Crippen LogP contribution in [0.1, 0.15) is 46.6 Å². The molecule has 1 aliphatic heterocycles. The summed E-state index contributed by atoms with van der Waals surface area (Å²) < 4.78 is 1.09. The van der Waals surface area contributed by atoms with E-state index < -0.39 is 0 Å². The van der Waals surface area contributed by atoms with Gasteiger partial charge in [0.2, 0.25) is 0 Å². The molecule has 24 heavy (non-hydrogen) atoms. The van der Waals surface area contributed by atoms with Gasteiger partial charge in [0, 0.05) is 47.2 Å². The maximum Gasteiger partial charge on any atom is 0.272 e. The Morgan fingerprint density at radius 1 is 1.38 bits per heavy atom. The van der Waals surface area contributed by atoms with Crippen molar-refractivity contribution in [1.29, 1.82) is 0 Å². The molecule has 0 bridgehead atoms. The van der Waals surface area contributed by atoms with Crippen molar-refractivity contribution in [3.8, 4) is 0 Å². The third-order valence-electron chi connectivity index (χ3n) is 5.36. The highest BCUT2D eigenvalue weighted by Gasteiger charge is 2.39. The molecular formula is C18H21BrN4O. The number of aromatic amines is 1. The number of nitrogens with zero attached hydrogens (tertiary/aromatic N) is 1. The Morgan fingerprint density at radius 3 is 3.00 bits per heavy atom. The number of hydrogen-bond donors (Lipinski definition) is 3. The summed E-state index contributed by atoms with van der Waals surface area (Å²) in [6.45, 7) is 2.31. The van der Waals surface area contributed by atoms with Gasteiger partial charge in [-0.1, -0.05) is 34.5 Å². The van der Waals surface area contributed by atoms with Crippen LogP contribution in [0.4, 0.5) is 0 Å². The van der Waals surface area contributed by atoms with Crippen LogP contribution < -0.4 is 10.6 Å². The summed E-state index contributed by atoms with van der Waals surface area (Å²) >= 11 is 3.55. The highest BCUT2D eigenvalue weighted by Crippen LogP contribution is 2.43. The Kier molecular flexibility index (Phi) is 4.18. The summed E-state index contributed by atoms with van der Waals surface area (Å²) in [5, 5.41) is 13.7. The van der Waals surface area contributed by atoms with Crippen molar-refractivity contribution < 1.29 is 4.79 Å². The topological polar surface area (TPSA) is 69.8 Å². The van der Waals surface area contributed by atoms with Crippen molar-refractivity contribution in [3.63, 3.8) is 0 Å². The van der Waals surface area contributed by atoms with E-state index in [2.05, 4.69) is 55.0 Å². The zero-order chi connectivity index (χ0) is 16.6. The molecule has 0 atom stereocenters. The second kappa shape index (κ2) is 6.33. The Balaban J connectivity index is 1.49.